The van der Waals surface area contributed by atoms with Crippen LogP contribution in [0.2, 0.25) is 25.7 Å². The number of nitrogens with one attached hydrogen (secondary N) is 1. The van der Waals surface area contributed by atoms with Gasteiger partial charge in [0.25, 0.3) is 0 Å². The average Bonchev–Trinajstić information content (AvgIpc) is 3.66. The summed E-state index contributed by atoms with van der Waals surface area (Å²) in [7, 11) is -1.41. The van der Waals surface area contributed by atoms with Crippen LogP contribution in [0.3, 0.4) is 0 Å². The van der Waals surface area contributed by atoms with Crippen molar-refractivity contribution < 1.29 is 31.6 Å². The number of aromatic nitrogens is 2. The largest absolute Gasteiger partial charge is 0.598 e. The molecule has 3 N–H and O–H groups in total. The molecule has 4 atom stereocenters. The van der Waals surface area contributed by atoms with E-state index in [4.69, 9.17) is 15.5 Å². The molecule has 1 aromatic carbocycles. The van der Waals surface area contributed by atoms with Crippen LogP contribution in [-0.4, -0.2) is 51.8 Å². The molecule has 1 amide bonds. The summed E-state index contributed by atoms with van der Waals surface area (Å²) in [5.74, 6) is -4.28. The van der Waals surface area contributed by atoms with E-state index in [1.54, 1.807) is 0 Å². The highest BCUT2D eigenvalue weighted by Crippen LogP contribution is 2.55. The smallest absolute Gasteiger partial charge is 0.248 e. The molecular formula is C33H52F4N4O3SSi. The molecule has 1 heterocycles. The summed E-state index contributed by atoms with van der Waals surface area (Å²) < 4.78 is 80.1. The fourth-order valence-electron chi connectivity index (χ4n) is 6.30. The van der Waals surface area contributed by atoms with Crippen molar-refractivity contribution in [2.75, 3.05) is 6.61 Å². The topological polar surface area (TPSA) is 105 Å². The van der Waals surface area contributed by atoms with Crippen molar-refractivity contribution in [3.05, 3.63) is 29.6 Å². The fourth-order valence-corrected chi connectivity index (χ4v) is 7.86. The maximum Gasteiger partial charge on any atom is 0.248 e. The molecule has 0 spiro atoms. The van der Waals surface area contributed by atoms with Crippen molar-refractivity contribution in [2.45, 2.75) is 128 Å². The first-order chi connectivity index (χ1) is 21.1. The van der Waals surface area contributed by atoms with Crippen LogP contribution in [0.1, 0.15) is 90.1 Å². The number of nitrogens with zero attached hydrogens (tertiary/aromatic N) is 2. The number of rotatable bonds is 16. The normalized spacial score (nSPS) is 20.5. The van der Waals surface area contributed by atoms with E-state index >= 15 is 0 Å². The first-order valence-corrected chi connectivity index (χ1v) is 21.2. The zero-order chi connectivity index (χ0) is 34.4. The van der Waals surface area contributed by atoms with E-state index in [2.05, 4.69) is 24.4 Å². The van der Waals surface area contributed by atoms with Gasteiger partial charge in [0, 0.05) is 50.2 Å². The Morgan fingerprint density at radius 3 is 2.30 bits per heavy atom. The fraction of sp³-hybridized carbons (Fsp3) is 0.758. The first-order valence-electron chi connectivity index (χ1n) is 16.3. The highest BCUT2D eigenvalue weighted by atomic mass is 32.2. The predicted octanol–water partition coefficient (Wildman–Crippen LogP) is 7.76. The van der Waals surface area contributed by atoms with Crippen LogP contribution in [-0.2, 0) is 27.6 Å². The van der Waals surface area contributed by atoms with Gasteiger partial charge in [-0.25, -0.2) is 22.5 Å². The Kier molecular flexibility index (Phi) is 11.0. The van der Waals surface area contributed by atoms with Crippen LogP contribution in [0, 0.1) is 23.2 Å². The lowest BCUT2D eigenvalue weighted by atomic mass is 9.65. The number of primary amides is 1. The minimum absolute atomic E-state index is 0.0398. The summed E-state index contributed by atoms with van der Waals surface area (Å²) in [6.45, 7) is 15.7. The van der Waals surface area contributed by atoms with Gasteiger partial charge in [-0.1, -0.05) is 39.6 Å². The summed E-state index contributed by atoms with van der Waals surface area (Å²) in [5, 5.41) is 0. The third-order valence-corrected chi connectivity index (χ3v) is 12.6. The molecule has 4 rings (SSSR count). The number of halogens is 4. The third-order valence-electron chi connectivity index (χ3n) is 9.32. The standard InChI is InChI=1S/C33H52F4N4O3SSi/c1-31(2,3)45(43)40-24(18-32(4,5)30(34)35)29-39-23-12-11-21(15-25(23)41(29)19-44-13-14-46(6,7)8)26(20-9-10-20)27(28(38)42)22-16-33(36,37)17-22/h11-12,15,20,22,24,26-27,30,40H,9-10,13-14,16-19H2,1-8H3,(H2,38,42)/t24-,26-,27+,45+/m0/s1. The number of ether oxygens (including phenoxy) is 1. The van der Waals surface area contributed by atoms with E-state index in [1.807, 2.05) is 43.5 Å². The molecule has 2 fully saturated rings. The van der Waals surface area contributed by atoms with Crippen LogP contribution < -0.4 is 10.5 Å². The number of carbonyl (C=O) groups is 1. The number of imidazole rings is 1. The van der Waals surface area contributed by atoms with E-state index in [1.165, 1.54) is 13.8 Å². The van der Waals surface area contributed by atoms with Gasteiger partial charge in [-0.05, 0) is 81.5 Å². The van der Waals surface area contributed by atoms with E-state index in [0.717, 1.165) is 24.4 Å². The molecule has 46 heavy (non-hydrogen) atoms. The zero-order valence-corrected chi connectivity index (χ0v) is 30.3. The lowest BCUT2D eigenvalue weighted by Crippen LogP contribution is -2.46. The summed E-state index contributed by atoms with van der Waals surface area (Å²) in [6.07, 6.45) is -1.60. The molecule has 0 bridgehead atoms. The van der Waals surface area contributed by atoms with Gasteiger partial charge < -0.3 is 19.6 Å². The SMILES string of the molecule is CC(C)(C[C@H](N[S@+]([O-])C(C)(C)C)c1nc2ccc([C@H](C3CC3)[C@H](C(N)=O)C3CC(F)(F)C3)cc2n1COCC[Si](C)(C)C)C(F)F. The van der Waals surface area contributed by atoms with Gasteiger partial charge in [-0.2, -0.15) is 0 Å². The Morgan fingerprint density at radius 2 is 1.80 bits per heavy atom. The van der Waals surface area contributed by atoms with Gasteiger partial charge >= 0.3 is 0 Å². The number of benzene rings is 1. The minimum atomic E-state index is -2.78. The van der Waals surface area contributed by atoms with E-state index in [0.29, 0.717) is 23.5 Å². The molecule has 0 aliphatic heterocycles. The Labute approximate surface area is 275 Å². The average molecular weight is 689 g/mol. The van der Waals surface area contributed by atoms with E-state index in [9.17, 15) is 26.9 Å². The predicted molar refractivity (Wildman–Crippen MR) is 178 cm³/mol. The summed E-state index contributed by atoms with van der Waals surface area (Å²) in [4.78, 5) is 17.7. The van der Waals surface area contributed by atoms with Gasteiger partial charge in [0.05, 0.1) is 11.0 Å². The molecule has 260 valence electrons. The van der Waals surface area contributed by atoms with Crippen molar-refractivity contribution in [3.8, 4) is 0 Å². The quantitative estimate of drug-likeness (QED) is 0.0812. The molecule has 2 aliphatic carbocycles. The van der Waals surface area contributed by atoms with Crippen molar-refractivity contribution in [3.63, 3.8) is 0 Å². The molecular weight excluding hydrogens is 637 g/mol. The maximum absolute atomic E-state index is 14.2. The number of amides is 1. The monoisotopic (exact) mass is 688 g/mol. The number of nitrogens with two attached hydrogens (primary N) is 1. The van der Waals surface area contributed by atoms with Gasteiger partial charge in [0.1, 0.15) is 23.3 Å². The van der Waals surface area contributed by atoms with Gasteiger partial charge in [-0.3, -0.25) is 4.79 Å². The molecule has 2 aromatic rings. The van der Waals surface area contributed by atoms with Crippen LogP contribution in [0.15, 0.2) is 18.2 Å². The van der Waals surface area contributed by atoms with Crippen LogP contribution in [0.5, 0.6) is 0 Å². The lowest BCUT2D eigenvalue weighted by molar-refractivity contribution is -0.146. The van der Waals surface area contributed by atoms with Crippen molar-refractivity contribution in [1.29, 1.82) is 0 Å². The first kappa shape index (κ1) is 37.2. The minimum Gasteiger partial charge on any atom is -0.598 e. The van der Waals surface area contributed by atoms with E-state index < -0.39 is 65.7 Å². The van der Waals surface area contributed by atoms with E-state index in [-0.39, 0.29) is 37.8 Å². The van der Waals surface area contributed by atoms with Crippen LogP contribution >= 0.6 is 0 Å². The Hall–Kier alpha value is -1.67. The second-order valence-electron chi connectivity index (χ2n) is 16.4. The molecule has 13 heteroatoms. The zero-order valence-electron chi connectivity index (χ0n) is 28.5. The van der Waals surface area contributed by atoms with Crippen molar-refractivity contribution in [1.82, 2.24) is 14.3 Å². The molecule has 0 saturated heterocycles. The van der Waals surface area contributed by atoms with Gasteiger partial charge in [0.15, 0.2) is 0 Å². The molecule has 2 saturated carbocycles. The lowest BCUT2D eigenvalue weighted by Gasteiger charge is -2.42. The Balaban J connectivity index is 1.81. The Bertz CT molecular complexity index is 1370. The molecule has 1 aromatic heterocycles. The van der Waals surface area contributed by atoms with Crippen molar-refractivity contribution in [2.24, 2.45) is 28.9 Å². The summed E-state index contributed by atoms with van der Waals surface area (Å²) in [5.41, 5.74) is 6.57. The van der Waals surface area contributed by atoms with Gasteiger partial charge in [-0.15, -0.1) is 4.72 Å². The second kappa shape index (κ2) is 13.7. The number of alkyl halides is 4. The van der Waals surface area contributed by atoms with Gasteiger partial charge in [0.2, 0.25) is 18.3 Å². The summed E-state index contributed by atoms with van der Waals surface area (Å²) >= 11 is -1.59. The third kappa shape index (κ3) is 9.06. The molecule has 0 radical (unpaired) electrons. The van der Waals surface area contributed by atoms with Crippen LogP contribution in [0.25, 0.3) is 11.0 Å². The highest BCUT2D eigenvalue weighted by molar-refractivity contribution is 7.90. The van der Waals surface area contributed by atoms with Crippen molar-refractivity contribution >= 4 is 36.4 Å². The maximum atomic E-state index is 14.2. The van der Waals surface area contributed by atoms with Crippen LogP contribution in [0.4, 0.5) is 17.6 Å². The number of fused-ring (bicyclic) bond motifs is 1. The molecule has 0 unspecified atom stereocenters. The Morgan fingerprint density at radius 1 is 1.17 bits per heavy atom. The molecule has 7 nitrogen and oxygen atoms in total. The second-order valence-corrected chi connectivity index (χ2v) is 24.0. The highest BCUT2D eigenvalue weighted by Gasteiger charge is 2.54. The number of hydrogen-bond donors (Lipinski definition) is 2. The number of hydrogen-bond acceptors (Lipinski definition) is 5. The molecule has 2 aliphatic rings. The number of carbonyl (C=O) groups excluding carboxylic acids is 1. The summed E-state index contributed by atoms with van der Waals surface area (Å²) in [6, 6.07) is 5.76.